The first-order valence-electron chi connectivity index (χ1n) is 8.19. The van der Waals surface area contributed by atoms with Crippen LogP contribution < -0.4 is 0 Å². The van der Waals surface area contributed by atoms with E-state index in [0.717, 1.165) is 45.2 Å². The molecule has 0 aromatic heterocycles. The van der Waals surface area contributed by atoms with Crippen LogP contribution in [0.5, 0.6) is 0 Å². The van der Waals surface area contributed by atoms with Gasteiger partial charge in [0, 0.05) is 33.4 Å². The maximum atomic E-state index is 11.9. The first-order chi connectivity index (χ1) is 10.1. The largest absolute Gasteiger partial charge is 0.381 e. The van der Waals surface area contributed by atoms with Crippen molar-refractivity contribution in [3.63, 3.8) is 0 Å². The number of amides is 1. The molecule has 0 aromatic rings. The predicted octanol–water partition coefficient (Wildman–Crippen LogP) is 0.982. The molecule has 2 aliphatic heterocycles. The standard InChI is InChI=1S/C16H28N2O3/c1-17-6-5-14(9-21-8-13-3-4-13)7-16(17)11-18(12-16)15(19)10-20-2/h13-14H,3-12H2,1-2H3/t14-/m0/s1. The maximum absolute atomic E-state index is 11.9. The van der Waals surface area contributed by atoms with Crippen LogP contribution in [0.25, 0.3) is 0 Å². The molecule has 3 aliphatic rings. The Bertz CT molecular complexity index is 378. The third-order valence-corrected chi connectivity index (χ3v) is 5.35. The van der Waals surface area contributed by atoms with Gasteiger partial charge in [0.25, 0.3) is 0 Å². The van der Waals surface area contributed by atoms with E-state index in [0.29, 0.717) is 5.92 Å². The summed E-state index contributed by atoms with van der Waals surface area (Å²) in [5.74, 6) is 1.61. The number of hydrogen-bond acceptors (Lipinski definition) is 4. The van der Waals surface area contributed by atoms with Crippen LogP contribution in [0.3, 0.4) is 0 Å². The zero-order valence-electron chi connectivity index (χ0n) is 13.3. The van der Waals surface area contributed by atoms with Gasteiger partial charge in [0.2, 0.25) is 5.91 Å². The molecule has 1 amide bonds. The highest BCUT2D eigenvalue weighted by Gasteiger charge is 2.50. The van der Waals surface area contributed by atoms with E-state index in [1.807, 2.05) is 4.90 Å². The van der Waals surface area contributed by atoms with Crippen molar-refractivity contribution in [1.29, 1.82) is 0 Å². The first kappa shape index (κ1) is 15.3. The lowest BCUT2D eigenvalue weighted by Crippen LogP contribution is -2.73. The summed E-state index contributed by atoms with van der Waals surface area (Å²) in [7, 11) is 3.77. The molecule has 1 spiro atoms. The highest BCUT2D eigenvalue weighted by atomic mass is 16.5. The molecule has 120 valence electrons. The van der Waals surface area contributed by atoms with Crippen molar-refractivity contribution in [2.24, 2.45) is 11.8 Å². The van der Waals surface area contributed by atoms with Crippen LogP contribution in [0.1, 0.15) is 25.7 Å². The number of piperidine rings is 1. The highest BCUT2D eigenvalue weighted by molar-refractivity contribution is 5.78. The molecule has 0 radical (unpaired) electrons. The van der Waals surface area contributed by atoms with Crippen LogP contribution in [-0.4, -0.2) is 74.9 Å². The molecule has 21 heavy (non-hydrogen) atoms. The van der Waals surface area contributed by atoms with Gasteiger partial charge in [-0.1, -0.05) is 0 Å². The number of likely N-dealkylation sites (N-methyl/N-ethyl adjacent to an activating group) is 1. The van der Waals surface area contributed by atoms with Crippen LogP contribution in [0, 0.1) is 11.8 Å². The molecule has 1 aliphatic carbocycles. The van der Waals surface area contributed by atoms with Crippen LogP contribution in [0.15, 0.2) is 0 Å². The topological polar surface area (TPSA) is 42.0 Å². The van der Waals surface area contributed by atoms with Crippen LogP contribution in [-0.2, 0) is 14.3 Å². The van der Waals surface area contributed by atoms with Crippen molar-refractivity contribution in [3.05, 3.63) is 0 Å². The number of carbonyl (C=O) groups is 1. The minimum absolute atomic E-state index is 0.114. The van der Waals surface area contributed by atoms with E-state index in [1.54, 1.807) is 7.11 Å². The Labute approximate surface area is 127 Å². The summed E-state index contributed by atoms with van der Waals surface area (Å²) < 4.78 is 10.8. The lowest BCUT2D eigenvalue weighted by Gasteiger charge is -2.58. The Morgan fingerprint density at radius 1 is 1.19 bits per heavy atom. The molecule has 1 saturated carbocycles. The number of nitrogens with zero attached hydrogens (tertiary/aromatic N) is 2. The molecule has 2 saturated heterocycles. The van der Waals surface area contributed by atoms with Gasteiger partial charge in [0.1, 0.15) is 6.61 Å². The van der Waals surface area contributed by atoms with Gasteiger partial charge in [-0.05, 0) is 51.1 Å². The lowest BCUT2D eigenvalue weighted by molar-refractivity contribution is -0.154. The van der Waals surface area contributed by atoms with Gasteiger partial charge in [0.15, 0.2) is 0 Å². The van der Waals surface area contributed by atoms with Crippen molar-refractivity contribution in [2.75, 3.05) is 53.6 Å². The third kappa shape index (κ3) is 3.41. The van der Waals surface area contributed by atoms with E-state index >= 15 is 0 Å². The summed E-state index contributed by atoms with van der Waals surface area (Å²) in [4.78, 5) is 16.2. The molecular weight excluding hydrogens is 268 g/mol. The van der Waals surface area contributed by atoms with Crippen molar-refractivity contribution in [3.8, 4) is 0 Å². The molecule has 3 fully saturated rings. The molecule has 5 nitrogen and oxygen atoms in total. The Kier molecular flexibility index (Phi) is 4.52. The average Bonchev–Trinajstić information content (AvgIpc) is 3.22. The van der Waals surface area contributed by atoms with Gasteiger partial charge in [0.05, 0.1) is 5.54 Å². The molecule has 2 heterocycles. The van der Waals surface area contributed by atoms with E-state index < -0.39 is 0 Å². The van der Waals surface area contributed by atoms with Gasteiger partial charge < -0.3 is 14.4 Å². The number of ether oxygens (including phenoxy) is 2. The normalized spacial score (nSPS) is 28.7. The van der Waals surface area contributed by atoms with Gasteiger partial charge >= 0.3 is 0 Å². The molecule has 0 unspecified atom stereocenters. The summed E-state index contributed by atoms with van der Waals surface area (Å²) in [5, 5.41) is 0. The van der Waals surface area contributed by atoms with Crippen LogP contribution in [0.4, 0.5) is 0 Å². The smallest absolute Gasteiger partial charge is 0.248 e. The SMILES string of the molecule is COCC(=O)N1CC2(C[C@@H](COCC3CC3)CCN2C)C1. The lowest BCUT2D eigenvalue weighted by atomic mass is 9.75. The summed E-state index contributed by atoms with van der Waals surface area (Å²) in [5.41, 5.74) is 0.190. The fourth-order valence-corrected chi connectivity index (χ4v) is 3.66. The van der Waals surface area contributed by atoms with Crippen molar-refractivity contribution in [2.45, 2.75) is 31.2 Å². The molecular formula is C16H28N2O3. The molecule has 5 heteroatoms. The maximum Gasteiger partial charge on any atom is 0.248 e. The number of methoxy groups -OCH3 is 1. The monoisotopic (exact) mass is 296 g/mol. The number of likely N-dealkylation sites (tertiary alicyclic amines) is 2. The Morgan fingerprint density at radius 2 is 1.90 bits per heavy atom. The summed E-state index contributed by atoms with van der Waals surface area (Å²) in [6, 6.07) is 0. The van der Waals surface area contributed by atoms with E-state index in [1.165, 1.54) is 19.3 Å². The second-order valence-electron chi connectivity index (χ2n) is 7.17. The highest BCUT2D eigenvalue weighted by Crippen LogP contribution is 2.38. The molecule has 3 rings (SSSR count). The van der Waals surface area contributed by atoms with Crippen molar-refractivity contribution >= 4 is 5.91 Å². The molecule has 0 N–H and O–H groups in total. The quantitative estimate of drug-likeness (QED) is 0.733. The van der Waals surface area contributed by atoms with Gasteiger partial charge in [-0.15, -0.1) is 0 Å². The fourth-order valence-electron chi connectivity index (χ4n) is 3.66. The Hall–Kier alpha value is -0.650. The van der Waals surface area contributed by atoms with E-state index in [9.17, 15) is 4.79 Å². The average molecular weight is 296 g/mol. The fraction of sp³-hybridized carbons (Fsp3) is 0.938. The molecule has 1 atom stereocenters. The number of rotatable bonds is 6. The van der Waals surface area contributed by atoms with E-state index in [2.05, 4.69) is 11.9 Å². The zero-order valence-corrected chi connectivity index (χ0v) is 13.3. The van der Waals surface area contributed by atoms with E-state index in [4.69, 9.17) is 9.47 Å². The number of carbonyl (C=O) groups excluding carboxylic acids is 1. The number of hydrogen-bond donors (Lipinski definition) is 0. The van der Waals surface area contributed by atoms with E-state index in [-0.39, 0.29) is 18.1 Å². The van der Waals surface area contributed by atoms with Crippen molar-refractivity contribution in [1.82, 2.24) is 9.80 Å². The molecule has 0 bridgehead atoms. The Morgan fingerprint density at radius 3 is 2.57 bits per heavy atom. The van der Waals surface area contributed by atoms with Crippen molar-refractivity contribution < 1.29 is 14.3 Å². The summed E-state index contributed by atoms with van der Waals surface area (Å²) in [6.45, 7) is 4.88. The predicted molar refractivity (Wildman–Crippen MR) is 80.1 cm³/mol. The summed E-state index contributed by atoms with van der Waals surface area (Å²) in [6.07, 6.45) is 5.09. The van der Waals surface area contributed by atoms with Gasteiger partial charge in [-0.25, -0.2) is 0 Å². The molecule has 0 aromatic carbocycles. The minimum Gasteiger partial charge on any atom is -0.381 e. The second kappa shape index (κ2) is 6.23. The third-order valence-electron chi connectivity index (χ3n) is 5.35. The first-order valence-corrected chi connectivity index (χ1v) is 8.19. The van der Waals surface area contributed by atoms with Gasteiger partial charge in [-0.3, -0.25) is 9.69 Å². The van der Waals surface area contributed by atoms with Gasteiger partial charge in [-0.2, -0.15) is 0 Å². The Balaban J connectivity index is 1.46. The second-order valence-corrected chi connectivity index (χ2v) is 7.17. The van der Waals surface area contributed by atoms with Crippen LogP contribution >= 0.6 is 0 Å². The van der Waals surface area contributed by atoms with Crippen LogP contribution in [0.2, 0.25) is 0 Å². The zero-order chi connectivity index (χ0) is 14.9. The minimum atomic E-state index is 0.114. The summed E-state index contributed by atoms with van der Waals surface area (Å²) >= 11 is 0.